The molecule has 3 saturated carbocycles. The van der Waals surface area contributed by atoms with Gasteiger partial charge in [0.05, 0.1) is 12.7 Å². The molecule has 196 valence electrons. The molecule has 9 atom stereocenters. The van der Waals surface area contributed by atoms with Crippen LogP contribution in [-0.2, 0) is 14.3 Å². The van der Waals surface area contributed by atoms with Crippen LogP contribution in [0.2, 0.25) is 0 Å². The van der Waals surface area contributed by atoms with Gasteiger partial charge in [0.15, 0.2) is 0 Å². The Balaban J connectivity index is 1.42. The van der Waals surface area contributed by atoms with Crippen LogP contribution in [0, 0.1) is 45.3 Å². The Bertz CT molecular complexity index is 925. The highest BCUT2D eigenvalue weighted by molar-refractivity contribution is 5.66. The normalized spacial score (nSPS) is 48.3. The SMILES string of the molecule is CC(=O)OC1CCC2(C)C3CCC4(C)C(C5COC(C=C(C)C)C5)CCC4(C)C3=CCC2C1(C)C. The molecule has 5 aliphatic rings. The Kier molecular flexibility index (Phi) is 6.18. The van der Waals surface area contributed by atoms with Gasteiger partial charge in [-0.15, -0.1) is 0 Å². The molecule has 5 rings (SSSR count). The Hall–Kier alpha value is -1.09. The third-order valence-corrected chi connectivity index (χ3v) is 12.3. The molecule has 9 unspecified atom stereocenters. The summed E-state index contributed by atoms with van der Waals surface area (Å²) in [4.78, 5) is 11.8. The number of hydrogen-bond acceptors (Lipinski definition) is 3. The van der Waals surface area contributed by atoms with Crippen molar-refractivity contribution in [2.45, 2.75) is 119 Å². The van der Waals surface area contributed by atoms with E-state index < -0.39 is 0 Å². The summed E-state index contributed by atoms with van der Waals surface area (Å²) in [5.41, 5.74) is 4.17. The average Bonchev–Trinajstić information content (AvgIpc) is 3.31. The zero-order chi connectivity index (χ0) is 25.4. The highest BCUT2D eigenvalue weighted by Gasteiger charge is 2.66. The molecule has 3 nitrogen and oxygen atoms in total. The van der Waals surface area contributed by atoms with Crippen molar-refractivity contribution in [3.05, 3.63) is 23.3 Å². The van der Waals surface area contributed by atoms with E-state index in [1.54, 1.807) is 12.5 Å². The predicted octanol–water partition coefficient (Wildman–Crippen LogP) is 7.89. The van der Waals surface area contributed by atoms with E-state index in [1.807, 2.05) is 0 Å². The minimum Gasteiger partial charge on any atom is -0.462 e. The zero-order valence-electron chi connectivity index (χ0n) is 23.7. The molecule has 0 bridgehead atoms. The van der Waals surface area contributed by atoms with Gasteiger partial charge in [0.25, 0.3) is 0 Å². The zero-order valence-corrected chi connectivity index (χ0v) is 23.7. The van der Waals surface area contributed by atoms with E-state index in [2.05, 4.69) is 60.6 Å². The predicted molar refractivity (Wildman–Crippen MR) is 142 cm³/mol. The monoisotopic (exact) mass is 482 g/mol. The van der Waals surface area contributed by atoms with Crippen molar-refractivity contribution in [1.82, 2.24) is 0 Å². The van der Waals surface area contributed by atoms with Crippen molar-refractivity contribution in [1.29, 1.82) is 0 Å². The van der Waals surface area contributed by atoms with Crippen molar-refractivity contribution < 1.29 is 14.3 Å². The number of ether oxygens (including phenoxy) is 2. The summed E-state index contributed by atoms with van der Waals surface area (Å²) in [6.45, 7) is 19.5. The Morgan fingerprint density at radius 3 is 2.46 bits per heavy atom. The maximum absolute atomic E-state index is 11.8. The van der Waals surface area contributed by atoms with Crippen molar-refractivity contribution >= 4 is 5.97 Å². The minimum absolute atomic E-state index is 0.0156. The molecule has 0 N–H and O–H groups in total. The average molecular weight is 483 g/mol. The van der Waals surface area contributed by atoms with Gasteiger partial charge < -0.3 is 9.47 Å². The summed E-state index contributed by atoms with van der Waals surface area (Å²) in [5.74, 6) is 2.59. The van der Waals surface area contributed by atoms with Gasteiger partial charge in [0.2, 0.25) is 0 Å². The summed E-state index contributed by atoms with van der Waals surface area (Å²) in [6, 6.07) is 0. The smallest absolute Gasteiger partial charge is 0.302 e. The van der Waals surface area contributed by atoms with Crippen LogP contribution in [0.15, 0.2) is 23.3 Å². The molecule has 1 saturated heterocycles. The second-order valence-electron chi connectivity index (χ2n) is 14.5. The van der Waals surface area contributed by atoms with Crippen LogP contribution in [0.3, 0.4) is 0 Å². The first-order valence-corrected chi connectivity index (χ1v) is 14.5. The van der Waals surface area contributed by atoms with E-state index >= 15 is 0 Å². The lowest BCUT2D eigenvalue weighted by atomic mass is 9.41. The molecule has 1 heterocycles. The third-order valence-electron chi connectivity index (χ3n) is 12.3. The van der Waals surface area contributed by atoms with E-state index in [0.29, 0.717) is 40.1 Å². The van der Waals surface area contributed by atoms with E-state index in [4.69, 9.17) is 9.47 Å². The van der Waals surface area contributed by atoms with Crippen LogP contribution in [0.4, 0.5) is 0 Å². The fourth-order valence-electron chi connectivity index (χ4n) is 10.3. The molecule has 3 heteroatoms. The molecule has 1 aliphatic heterocycles. The highest BCUT2D eigenvalue weighted by Crippen LogP contribution is 2.73. The molecule has 0 radical (unpaired) electrons. The molecular weight excluding hydrogens is 432 g/mol. The summed E-state index contributed by atoms with van der Waals surface area (Å²) in [5, 5.41) is 0. The van der Waals surface area contributed by atoms with Gasteiger partial charge in [-0.25, -0.2) is 0 Å². The second kappa shape index (κ2) is 8.47. The topological polar surface area (TPSA) is 35.5 Å². The van der Waals surface area contributed by atoms with Gasteiger partial charge in [-0.05, 0) is 105 Å². The molecule has 4 aliphatic carbocycles. The van der Waals surface area contributed by atoms with E-state index in [9.17, 15) is 4.79 Å². The fraction of sp³-hybridized carbons (Fsp3) is 0.844. The summed E-state index contributed by atoms with van der Waals surface area (Å²) in [7, 11) is 0. The summed E-state index contributed by atoms with van der Waals surface area (Å²) < 4.78 is 12.1. The van der Waals surface area contributed by atoms with Crippen LogP contribution < -0.4 is 0 Å². The quantitative estimate of drug-likeness (QED) is 0.303. The summed E-state index contributed by atoms with van der Waals surface area (Å²) in [6.07, 6.45) is 15.3. The molecule has 0 aromatic heterocycles. The fourth-order valence-corrected chi connectivity index (χ4v) is 10.3. The molecule has 0 spiro atoms. The summed E-state index contributed by atoms with van der Waals surface area (Å²) >= 11 is 0. The standard InChI is InChI=1S/C32H50O3/c1-20(2)17-23-18-22(19-34-23)24-11-15-32(8)26-9-10-27-29(4,5)28(35-21(3)33)13-14-30(27,6)25(26)12-16-31(24,32)7/h9,17,22-25,27-28H,10-16,18-19H2,1-8H3. The second-order valence-corrected chi connectivity index (χ2v) is 14.5. The largest absolute Gasteiger partial charge is 0.462 e. The number of fused-ring (bicyclic) bond motifs is 5. The maximum Gasteiger partial charge on any atom is 0.302 e. The van der Waals surface area contributed by atoms with E-state index in [1.165, 1.54) is 44.1 Å². The first-order valence-electron chi connectivity index (χ1n) is 14.5. The molecule has 0 aromatic carbocycles. The minimum atomic E-state index is -0.126. The molecule has 0 amide bonds. The lowest BCUT2D eigenvalue weighted by Crippen LogP contribution is -2.58. The van der Waals surface area contributed by atoms with Gasteiger partial charge in [-0.1, -0.05) is 57.9 Å². The van der Waals surface area contributed by atoms with Crippen LogP contribution >= 0.6 is 0 Å². The van der Waals surface area contributed by atoms with Gasteiger partial charge in [-0.2, -0.15) is 0 Å². The number of allylic oxidation sites excluding steroid dienone is 3. The maximum atomic E-state index is 11.8. The number of hydrogen-bond donors (Lipinski definition) is 0. The van der Waals surface area contributed by atoms with Crippen LogP contribution in [0.1, 0.15) is 107 Å². The van der Waals surface area contributed by atoms with Crippen molar-refractivity contribution in [3.63, 3.8) is 0 Å². The van der Waals surface area contributed by atoms with Gasteiger partial charge in [0.1, 0.15) is 6.10 Å². The molecule has 0 aromatic rings. The molecule has 35 heavy (non-hydrogen) atoms. The lowest BCUT2D eigenvalue weighted by molar-refractivity contribution is -0.174. The lowest BCUT2D eigenvalue weighted by Gasteiger charge is -2.64. The van der Waals surface area contributed by atoms with Crippen molar-refractivity contribution in [3.8, 4) is 0 Å². The van der Waals surface area contributed by atoms with Crippen molar-refractivity contribution in [2.24, 2.45) is 45.3 Å². The highest BCUT2D eigenvalue weighted by atomic mass is 16.5. The Labute approximate surface area is 214 Å². The Morgan fingerprint density at radius 2 is 1.77 bits per heavy atom. The van der Waals surface area contributed by atoms with E-state index in [-0.39, 0.29) is 17.5 Å². The van der Waals surface area contributed by atoms with Gasteiger partial charge in [0, 0.05) is 12.3 Å². The molecular formula is C32H50O3. The Morgan fingerprint density at radius 1 is 1.03 bits per heavy atom. The van der Waals surface area contributed by atoms with Crippen LogP contribution in [0.25, 0.3) is 0 Å². The van der Waals surface area contributed by atoms with Crippen LogP contribution in [-0.4, -0.2) is 24.8 Å². The number of esters is 1. The van der Waals surface area contributed by atoms with Crippen molar-refractivity contribution in [2.75, 3.05) is 6.61 Å². The first-order chi connectivity index (χ1) is 16.3. The van der Waals surface area contributed by atoms with E-state index in [0.717, 1.165) is 25.4 Å². The first kappa shape index (κ1) is 25.6. The molecule has 4 fully saturated rings. The van der Waals surface area contributed by atoms with Crippen LogP contribution in [0.5, 0.6) is 0 Å². The third kappa shape index (κ3) is 3.72. The van der Waals surface area contributed by atoms with Gasteiger partial charge >= 0.3 is 5.97 Å². The number of carbonyl (C=O) groups is 1. The number of rotatable bonds is 3. The number of carbonyl (C=O) groups excluding carboxylic acids is 1. The van der Waals surface area contributed by atoms with Gasteiger partial charge in [-0.3, -0.25) is 4.79 Å².